The maximum atomic E-state index is 13.2. The second-order valence-electron chi connectivity index (χ2n) is 7.33. The fourth-order valence-electron chi connectivity index (χ4n) is 4.08. The Morgan fingerprint density at radius 2 is 2.08 bits per heavy atom. The van der Waals surface area contributed by atoms with Crippen molar-refractivity contribution >= 4 is 17.5 Å². The third kappa shape index (κ3) is 3.38. The summed E-state index contributed by atoms with van der Waals surface area (Å²) in [6.07, 6.45) is 7.72. The Hall–Kier alpha value is -1.32. The van der Waals surface area contributed by atoms with Crippen LogP contribution in [-0.2, 0) is 11.2 Å². The lowest BCUT2D eigenvalue weighted by atomic mass is 9.86. The molecule has 128 valence electrons. The Kier molecular flexibility index (Phi) is 4.64. The van der Waals surface area contributed by atoms with Crippen LogP contribution in [0.2, 0.25) is 5.02 Å². The van der Waals surface area contributed by atoms with Gasteiger partial charge in [-0.2, -0.15) is 0 Å². The first kappa shape index (κ1) is 16.2. The smallest absolute Gasteiger partial charge is 0.250 e. The minimum Gasteiger partial charge on any atom is -0.336 e. The lowest BCUT2D eigenvalue weighted by molar-refractivity contribution is -0.128. The van der Waals surface area contributed by atoms with Gasteiger partial charge in [0.1, 0.15) is 0 Å². The molecule has 0 aromatic heterocycles. The molecule has 2 atom stereocenters. The van der Waals surface area contributed by atoms with Crippen molar-refractivity contribution in [3.05, 3.63) is 46.5 Å². The lowest BCUT2D eigenvalue weighted by Gasteiger charge is -2.38. The number of nitrogens with zero attached hydrogens (tertiary/aromatic N) is 2. The Morgan fingerprint density at radius 1 is 1.25 bits per heavy atom. The Balaban J connectivity index is 1.47. The van der Waals surface area contributed by atoms with Crippen LogP contribution >= 0.6 is 11.6 Å². The minimum atomic E-state index is 0.288. The molecule has 2 unspecified atom stereocenters. The van der Waals surface area contributed by atoms with Crippen LogP contribution in [0.3, 0.4) is 0 Å². The summed E-state index contributed by atoms with van der Waals surface area (Å²) in [5.74, 6) is 0.734. The molecule has 2 heterocycles. The highest BCUT2D eigenvalue weighted by Crippen LogP contribution is 2.33. The van der Waals surface area contributed by atoms with Gasteiger partial charge in [-0.05, 0) is 50.3 Å². The molecule has 0 spiro atoms. The summed E-state index contributed by atoms with van der Waals surface area (Å²) in [5, 5.41) is 0.806. The molecule has 2 bridgehead atoms. The molecule has 24 heavy (non-hydrogen) atoms. The quantitative estimate of drug-likeness (QED) is 0.815. The van der Waals surface area contributed by atoms with Crippen LogP contribution in [0.15, 0.2) is 35.9 Å². The van der Waals surface area contributed by atoms with Gasteiger partial charge in [-0.15, -0.1) is 0 Å². The van der Waals surface area contributed by atoms with Crippen molar-refractivity contribution < 1.29 is 4.79 Å². The van der Waals surface area contributed by atoms with Gasteiger partial charge in [0.05, 0.1) is 0 Å². The molecule has 0 radical (unpaired) electrons. The number of piperidine rings is 1. The number of amides is 1. The molecule has 0 N–H and O–H groups in total. The maximum absolute atomic E-state index is 13.2. The number of rotatable bonds is 5. The van der Waals surface area contributed by atoms with Crippen LogP contribution < -0.4 is 0 Å². The van der Waals surface area contributed by atoms with Crippen LogP contribution in [0.25, 0.3) is 0 Å². The van der Waals surface area contributed by atoms with Gasteiger partial charge in [0, 0.05) is 42.2 Å². The number of fused-ring (bicyclic) bond motifs is 2. The molecular formula is C20H25ClN2O. The normalized spacial score (nSPS) is 26.0. The highest BCUT2D eigenvalue weighted by Gasteiger charge is 2.37. The monoisotopic (exact) mass is 344 g/mol. The van der Waals surface area contributed by atoms with E-state index in [2.05, 4.69) is 21.9 Å². The van der Waals surface area contributed by atoms with Gasteiger partial charge in [-0.3, -0.25) is 9.69 Å². The lowest BCUT2D eigenvalue weighted by Crippen LogP contribution is -2.45. The SMILES string of the molecule is O=C(C1=CCN2CCCC1C2)N(CCc1ccccc1Cl)C1CC1. The van der Waals surface area contributed by atoms with Crippen molar-refractivity contribution in [1.29, 1.82) is 0 Å². The van der Waals surface area contributed by atoms with E-state index >= 15 is 0 Å². The van der Waals surface area contributed by atoms with E-state index in [0.717, 1.165) is 61.5 Å². The molecular weight excluding hydrogens is 320 g/mol. The molecule has 2 fully saturated rings. The Bertz CT molecular complexity index is 653. The minimum absolute atomic E-state index is 0.288. The first-order chi connectivity index (χ1) is 11.7. The van der Waals surface area contributed by atoms with Gasteiger partial charge in [0.25, 0.3) is 0 Å². The summed E-state index contributed by atoms with van der Waals surface area (Å²) < 4.78 is 0. The molecule has 2 aliphatic heterocycles. The van der Waals surface area contributed by atoms with E-state index in [-0.39, 0.29) is 5.91 Å². The standard InChI is InChI=1S/C20H25ClN2O/c21-19-6-2-1-4-15(19)9-13-23(17-7-8-17)20(24)18-10-12-22-11-3-5-16(18)14-22/h1-2,4,6,10,16-17H,3,5,7-9,11-14H2. The van der Waals surface area contributed by atoms with Gasteiger partial charge in [-0.25, -0.2) is 0 Å². The average Bonchev–Trinajstić information content (AvgIpc) is 3.42. The predicted molar refractivity (Wildman–Crippen MR) is 97.1 cm³/mol. The number of carbonyl (C=O) groups excluding carboxylic acids is 1. The summed E-state index contributed by atoms with van der Waals surface area (Å²) in [5.41, 5.74) is 2.22. The van der Waals surface area contributed by atoms with Gasteiger partial charge >= 0.3 is 0 Å². The average molecular weight is 345 g/mol. The summed E-state index contributed by atoms with van der Waals surface area (Å²) in [4.78, 5) is 17.8. The molecule has 1 amide bonds. The van der Waals surface area contributed by atoms with E-state index in [1.165, 1.54) is 13.0 Å². The van der Waals surface area contributed by atoms with Crippen LogP contribution in [0.5, 0.6) is 0 Å². The van der Waals surface area contributed by atoms with E-state index in [4.69, 9.17) is 11.6 Å². The Labute approximate surface area is 149 Å². The van der Waals surface area contributed by atoms with Crippen molar-refractivity contribution in [2.45, 2.75) is 38.1 Å². The third-order valence-electron chi connectivity index (χ3n) is 5.59. The summed E-state index contributed by atoms with van der Waals surface area (Å²) >= 11 is 6.28. The van der Waals surface area contributed by atoms with E-state index in [1.807, 2.05) is 18.2 Å². The number of carbonyl (C=O) groups is 1. The van der Waals surface area contributed by atoms with Crippen LogP contribution in [0.4, 0.5) is 0 Å². The molecule has 3 nitrogen and oxygen atoms in total. The second-order valence-corrected chi connectivity index (χ2v) is 7.74. The van der Waals surface area contributed by atoms with Gasteiger partial charge in [-0.1, -0.05) is 35.9 Å². The molecule has 1 aromatic rings. The second kappa shape index (κ2) is 6.89. The Morgan fingerprint density at radius 3 is 2.88 bits per heavy atom. The topological polar surface area (TPSA) is 23.6 Å². The van der Waals surface area contributed by atoms with Gasteiger partial charge in [0.15, 0.2) is 0 Å². The highest BCUT2D eigenvalue weighted by molar-refractivity contribution is 6.31. The zero-order valence-electron chi connectivity index (χ0n) is 14.1. The predicted octanol–water partition coefficient (Wildman–Crippen LogP) is 3.53. The van der Waals surface area contributed by atoms with Gasteiger partial charge < -0.3 is 4.90 Å². The van der Waals surface area contributed by atoms with E-state index in [9.17, 15) is 4.79 Å². The van der Waals surface area contributed by atoms with Crippen LogP contribution in [0.1, 0.15) is 31.2 Å². The van der Waals surface area contributed by atoms with E-state index in [1.54, 1.807) is 0 Å². The summed E-state index contributed by atoms with van der Waals surface area (Å²) in [7, 11) is 0. The zero-order chi connectivity index (χ0) is 16.5. The molecule has 1 aromatic carbocycles. The highest BCUT2D eigenvalue weighted by atomic mass is 35.5. The van der Waals surface area contributed by atoms with Crippen LogP contribution in [0, 0.1) is 5.92 Å². The molecule has 1 aliphatic carbocycles. The van der Waals surface area contributed by atoms with Crippen molar-refractivity contribution in [1.82, 2.24) is 9.80 Å². The zero-order valence-corrected chi connectivity index (χ0v) is 14.8. The summed E-state index contributed by atoms with van der Waals surface area (Å²) in [6.45, 7) is 3.98. The first-order valence-electron chi connectivity index (χ1n) is 9.19. The first-order valence-corrected chi connectivity index (χ1v) is 9.57. The largest absolute Gasteiger partial charge is 0.336 e. The van der Waals surface area contributed by atoms with Crippen molar-refractivity contribution in [3.8, 4) is 0 Å². The maximum Gasteiger partial charge on any atom is 0.250 e. The van der Waals surface area contributed by atoms with Crippen molar-refractivity contribution in [2.75, 3.05) is 26.2 Å². The van der Waals surface area contributed by atoms with E-state index < -0.39 is 0 Å². The molecule has 4 rings (SSSR count). The molecule has 1 saturated carbocycles. The number of hydrogen-bond acceptors (Lipinski definition) is 2. The van der Waals surface area contributed by atoms with Gasteiger partial charge in [0.2, 0.25) is 5.91 Å². The molecule has 4 heteroatoms. The number of benzene rings is 1. The number of hydrogen-bond donors (Lipinski definition) is 0. The third-order valence-corrected chi connectivity index (χ3v) is 5.96. The number of halogens is 1. The van der Waals surface area contributed by atoms with Crippen molar-refractivity contribution in [3.63, 3.8) is 0 Å². The fraction of sp³-hybridized carbons (Fsp3) is 0.550. The van der Waals surface area contributed by atoms with Crippen molar-refractivity contribution in [2.24, 2.45) is 5.92 Å². The van der Waals surface area contributed by atoms with Crippen LogP contribution in [-0.4, -0.2) is 47.9 Å². The van der Waals surface area contributed by atoms with E-state index in [0.29, 0.717) is 12.0 Å². The summed E-state index contributed by atoms with van der Waals surface area (Å²) in [6, 6.07) is 8.42. The molecule has 1 saturated heterocycles. The fourth-order valence-corrected chi connectivity index (χ4v) is 4.31. The molecule has 3 aliphatic rings.